The molecule has 0 aromatic carbocycles. The Balaban J connectivity index is 2.17. The van der Waals surface area contributed by atoms with Crippen LogP contribution in [0.25, 0.3) is 0 Å². The topological polar surface area (TPSA) is 75.1 Å². The average molecular weight is 249 g/mol. The number of aromatic nitrogens is 2. The van der Waals surface area contributed by atoms with E-state index in [1.807, 2.05) is 13.8 Å². The Morgan fingerprint density at radius 3 is 2.39 bits per heavy atom. The molecule has 5 nitrogen and oxygen atoms in total. The summed E-state index contributed by atoms with van der Waals surface area (Å²) in [5.74, 6) is -0.526. The molecule has 1 atom stereocenters. The molecule has 1 heterocycles. The summed E-state index contributed by atoms with van der Waals surface area (Å²) in [6, 6.07) is 0.521. The highest BCUT2D eigenvalue weighted by Gasteiger charge is 2.23. The smallest absolute Gasteiger partial charge is 0.306 e. The molecule has 0 saturated heterocycles. The van der Waals surface area contributed by atoms with Crippen molar-refractivity contribution in [3.8, 4) is 0 Å². The molecule has 1 aromatic heterocycles. The molecular weight excluding hydrogens is 230 g/mol. The van der Waals surface area contributed by atoms with Gasteiger partial charge in [-0.05, 0) is 38.7 Å². The lowest BCUT2D eigenvalue weighted by atomic mass is 9.99. The lowest BCUT2D eigenvalue weighted by Crippen LogP contribution is -2.16. The van der Waals surface area contributed by atoms with Gasteiger partial charge in [0.15, 0.2) is 0 Å². The summed E-state index contributed by atoms with van der Waals surface area (Å²) in [6.45, 7) is 5.53. The second-order valence-corrected chi connectivity index (χ2v) is 5.06. The van der Waals surface area contributed by atoms with Gasteiger partial charge in [-0.2, -0.15) is 0 Å². The van der Waals surface area contributed by atoms with Gasteiger partial charge in [-0.1, -0.05) is 6.92 Å². The molecule has 0 amide bonds. The van der Waals surface area contributed by atoms with Gasteiger partial charge in [-0.15, -0.1) is 0 Å². The summed E-state index contributed by atoms with van der Waals surface area (Å²) in [7, 11) is 0. The summed E-state index contributed by atoms with van der Waals surface area (Å²) in [4.78, 5) is 19.7. The molecule has 2 rings (SSSR count). The van der Waals surface area contributed by atoms with Crippen LogP contribution in [0, 0.1) is 19.8 Å². The number of hydrogen-bond donors (Lipinski definition) is 2. The first-order valence-electron chi connectivity index (χ1n) is 6.31. The highest BCUT2D eigenvalue weighted by Crippen LogP contribution is 2.24. The van der Waals surface area contributed by atoms with Crippen LogP contribution < -0.4 is 5.32 Å². The number of carboxylic acids is 1. The van der Waals surface area contributed by atoms with Crippen molar-refractivity contribution in [2.45, 2.75) is 46.1 Å². The van der Waals surface area contributed by atoms with E-state index in [2.05, 4.69) is 15.3 Å². The predicted octanol–water partition coefficient (Wildman–Crippen LogP) is 1.93. The Hall–Kier alpha value is -1.65. The van der Waals surface area contributed by atoms with E-state index in [0.29, 0.717) is 18.4 Å². The first-order chi connectivity index (χ1) is 8.47. The largest absolute Gasteiger partial charge is 0.481 e. The number of carbonyl (C=O) groups is 1. The van der Waals surface area contributed by atoms with E-state index in [9.17, 15) is 4.79 Å². The average Bonchev–Trinajstić information content (AvgIpc) is 3.06. The minimum atomic E-state index is -0.783. The summed E-state index contributed by atoms with van der Waals surface area (Å²) < 4.78 is 0. The number of nitrogens with one attached hydrogen (secondary N) is 1. The summed E-state index contributed by atoms with van der Waals surface area (Å²) in [5, 5.41) is 12.2. The van der Waals surface area contributed by atoms with Crippen LogP contribution in [-0.2, 0) is 11.2 Å². The third-order valence-electron chi connectivity index (χ3n) is 3.26. The van der Waals surface area contributed by atoms with Gasteiger partial charge in [0, 0.05) is 17.4 Å². The fourth-order valence-corrected chi connectivity index (χ4v) is 1.90. The number of hydrogen-bond acceptors (Lipinski definition) is 4. The van der Waals surface area contributed by atoms with Crippen molar-refractivity contribution in [1.82, 2.24) is 9.97 Å². The highest BCUT2D eigenvalue weighted by molar-refractivity contribution is 5.70. The van der Waals surface area contributed by atoms with Crippen LogP contribution in [0.1, 0.15) is 36.7 Å². The van der Waals surface area contributed by atoms with E-state index in [1.54, 1.807) is 6.92 Å². The molecule has 98 valence electrons. The van der Waals surface area contributed by atoms with Crippen molar-refractivity contribution < 1.29 is 9.90 Å². The Morgan fingerprint density at radius 1 is 1.39 bits per heavy atom. The van der Waals surface area contributed by atoms with Crippen LogP contribution in [0.4, 0.5) is 5.95 Å². The molecule has 1 saturated carbocycles. The lowest BCUT2D eigenvalue weighted by molar-refractivity contribution is -0.141. The number of rotatable bonds is 5. The zero-order valence-electron chi connectivity index (χ0n) is 11.0. The normalized spacial score (nSPS) is 16.4. The van der Waals surface area contributed by atoms with Crippen LogP contribution >= 0.6 is 0 Å². The minimum absolute atomic E-state index is 0.409. The molecule has 1 aliphatic carbocycles. The zero-order valence-corrected chi connectivity index (χ0v) is 11.0. The van der Waals surface area contributed by atoms with Crippen LogP contribution in [0.15, 0.2) is 0 Å². The summed E-state index contributed by atoms with van der Waals surface area (Å²) in [6.07, 6.45) is 2.84. The highest BCUT2D eigenvalue weighted by atomic mass is 16.4. The third kappa shape index (κ3) is 2.97. The molecule has 0 bridgehead atoms. The molecular formula is C13H19N3O2. The number of carboxylic acid groups (broad SMARTS) is 1. The van der Waals surface area contributed by atoms with E-state index in [4.69, 9.17) is 5.11 Å². The van der Waals surface area contributed by atoms with Crippen LogP contribution in [0.5, 0.6) is 0 Å². The zero-order chi connectivity index (χ0) is 13.3. The van der Waals surface area contributed by atoms with Crippen molar-refractivity contribution in [2.75, 3.05) is 5.32 Å². The van der Waals surface area contributed by atoms with Gasteiger partial charge in [-0.3, -0.25) is 4.79 Å². The molecule has 1 fully saturated rings. The number of nitrogens with zero attached hydrogens (tertiary/aromatic N) is 2. The molecule has 1 aromatic rings. The van der Waals surface area contributed by atoms with Gasteiger partial charge >= 0.3 is 5.97 Å². The first-order valence-corrected chi connectivity index (χ1v) is 6.31. The van der Waals surface area contributed by atoms with Crippen LogP contribution in [-0.4, -0.2) is 27.1 Å². The number of aryl methyl sites for hydroxylation is 2. The van der Waals surface area contributed by atoms with Crippen LogP contribution in [0.2, 0.25) is 0 Å². The standard InChI is InChI=1S/C13H19N3O2/c1-7(12(17)18)6-11-8(2)14-13(15-9(11)3)16-10-4-5-10/h7,10H,4-6H2,1-3H3,(H,17,18)(H,14,15,16). The van der Waals surface area contributed by atoms with Crippen molar-refractivity contribution >= 4 is 11.9 Å². The second kappa shape index (κ2) is 4.92. The molecule has 0 aliphatic heterocycles. The molecule has 5 heteroatoms. The van der Waals surface area contributed by atoms with E-state index < -0.39 is 11.9 Å². The van der Waals surface area contributed by atoms with E-state index in [1.165, 1.54) is 12.8 Å². The Bertz CT molecular complexity index is 446. The minimum Gasteiger partial charge on any atom is -0.481 e. The van der Waals surface area contributed by atoms with E-state index >= 15 is 0 Å². The van der Waals surface area contributed by atoms with E-state index in [-0.39, 0.29) is 0 Å². The maximum Gasteiger partial charge on any atom is 0.306 e. The van der Waals surface area contributed by atoms with Gasteiger partial charge in [-0.25, -0.2) is 9.97 Å². The predicted molar refractivity (Wildman–Crippen MR) is 68.7 cm³/mol. The van der Waals surface area contributed by atoms with Gasteiger partial charge < -0.3 is 10.4 Å². The van der Waals surface area contributed by atoms with Crippen molar-refractivity contribution in [2.24, 2.45) is 5.92 Å². The number of aliphatic carboxylic acids is 1. The number of anilines is 1. The first kappa shape index (κ1) is 12.8. The van der Waals surface area contributed by atoms with Crippen molar-refractivity contribution in [3.63, 3.8) is 0 Å². The third-order valence-corrected chi connectivity index (χ3v) is 3.26. The van der Waals surface area contributed by atoms with Gasteiger partial charge in [0.2, 0.25) is 5.95 Å². The maximum atomic E-state index is 10.9. The Morgan fingerprint density at radius 2 is 1.94 bits per heavy atom. The van der Waals surface area contributed by atoms with Gasteiger partial charge in [0.25, 0.3) is 0 Å². The fraction of sp³-hybridized carbons (Fsp3) is 0.615. The SMILES string of the molecule is Cc1nc(NC2CC2)nc(C)c1CC(C)C(=O)O. The molecule has 18 heavy (non-hydrogen) atoms. The lowest BCUT2D eigenvalue weighted by Gasteiger charge is -2.13. The summed E-state index contributed by atoms with van der Waals surface area (Å²) in [5.41, 5.74) is 2.70. The molecule has 0 spiro atoms. The second-order valence-electron chi connectivity index (χ2n) is 5.06. The van der Waals surface area contributed by atoms with Gasteiger partial charge in [0.1, 0.15) is 0 Å². The molecule has 2 N–H and O–H groups in total. The fourth-order valence-electron chi connectivity index (χ4n) is 1.90. The summed E-state index contributed by atoms with van der Waals surface area (Å²) >= 11 is 0. The quantitative estimate of drug-likeness (QED) is 0.834. The molecule has 1 aliphatic rings. The van der Waals surface area contributed by atoms with Crippen molar-refractivity contribution in [1.29, 1.82) is 0 Å². The Kier molecular flexibility index (Phi) is 3.50. The monoisotopic (exact) mass is 249 g/mol. The maximum absolute atomic E-state index is 10.9. The molecule has 1 unspecified atom stereocenters. The van der Waals surface area contributed by atoms with Gasteiger partial charge in [0.05, 0.1) is 5.92 Å². The van der Waals surface area contributed by atoms with Crippen LogP contribution in [0.3, 0.4) is 0 Å². The van der Waals surface area contributed by atoms with E-state index in [0.717, 1.165) is 17.0 Å². The Labute approximate surface area is 107 Å². The van der Waals surface area contributed by atoms with Crippen molar-refractivity contribution in [3.05, 3.63) is 17.0 Å². The molecule has 0 radical (unpaired) electrons.